The second-order valence-corrected chi connectivity index (χ2v) is 8.68. The van der Waals surface area contributed by atoms with Crippen molar-refractivity contribution in [2.24, 2.45) is 0 Å². The van der Waals surface area contributed by atoms with Gasteiger partial charge in [0, 0.05) is 0 Å². The first-order valence-corrected chi connectivity index (χ1v) is 6.89. The quantitative estimate of drug-likeness (QED) is 0.542. The van der Waals surface area contributed by atoms with Gasteiger partial charge in [0.25, 0.3) is 0 Å². The van der Waals surface area contributed by atoms with E-state index >= 15 is 0 Å². The van der Waals surface area contributed by atoms with E-state index in [2.05, 4.69) is 0 Å². The molecule has 0 aromatic rings. The van der Waals surface area contributed by atoms with Crippen molar-refractivity contribution in [1.29, 1.82) is 0 Å². The number of hydrogen-bond donors (Lipinski definition) is 4. The second-order valence-electron chi connectivity index (χ2n) is 8.68. The molecule has 0 aliphatic heterocycles. The van der Waals surface area contributed by atoms with Gasteiger partial charge in [-0.05, 0) is 83.1 Å². The molecule has 132 valence electrons. The first-order chi connectivity index (χ1) is 8.00. The van der Waals surface area contributed by atoms with E-state index in [1.165, 1.54) is 0 Å². The Labute approximate surface area is 143 Å². The van der Waals surface area contributed by atoms with Crippen molar-refractivity contribution >= 4 is 0 Å². The summed E-state index contributed by atoms with van der Waals surface area (Å²) in [6, 6.07) is 0. The van der Waals surface area contributed by atoms with Crippen LogP contribution >= 0.6 is 0 Å². The molecule has 0 fully saturated rings. The van der Waals surface area contributed by atoms with Crippen molar-refractivity contribution in [3.63, 3.8) is 0 Å². The van der Waals surface area contributed by atoms with Gasteiger partial charge in [-0.15, -0.1) is 0 Å². The molecule has 4 nitrogen and oxygen atoms in total. The minimum absolute atomic E-state index is 0. The average Bonchev–Trinajstić information content (AvgIpc) is 1.62. The summed E-state index contributed by atoms with van der Waals surface area (Å²) >= 11 is 0. The van der Waals surface area contributed by atoms with Crippen LogP contribution in [0.2, 0.25) is 0 Å². The summed E-state index contributed by atoms with van der Waals surface area (Å²) in [5.74, 6) is 0. The predicted molar refractivity (Wildman–Crippen MR) is 87.9 cm³/mol. The van der Waals surface area contributed by atoms with Crippen molar-refractivity contribution in [2.45, 2.75) is 105 Å². The van der Waals surface area contributed by atoms with Gasteiger partial charge in [0.1, 0.15) is 0 Å². The van der Waals surface area contributed by atoms with Crippen LogP contribution in [-0.4, -0.2) is 42.8 Å². The molecule has 0 radical (unpaired) electrons. The molecule has 0 saturated heterocycles. The second kappa shape index (κ2) is 12.9. The van der Waals surface area contributed by atoms with Crippen LogP contribution < -0.4 is 0 Å². The van der Waals surface area contributed by atoms with Gasteiger partial charge in [0.15, 0.2) is 0 Å². The third-order valence-electron chi connectivity index (χ3n) is 0. The number of aliphatic hydroxyl groups is 4. The summed E-state index contributed by atoms with van der Waals surface area (Å²) in [7, 11) is 0. The third kappa shape index (κ3) is 49600. The minimum Gasteiger partial charge on any atom is -0.391 e. The molecular weight excluding hydrogens is 308 g/mol. The normalized spacial score (nSPS) is 11.4. The molecule has 0 aliphatic rings. The summed E-state index contributed by atoms with van der Waals surface area (Å²) in [6.07, 6.45) is 0. The Morgan fingerprint density at radius 3 is 0.333 bits per heavy atom. The first-order valence-electron chi connectivity index (χ1n) is 6.89. The smallest absolute Gasteiger partial charge is 0.391 e. The Balaban J connectivity index is -0.0000000533. The van der Waals surface area contributed by atoms with Crippen molar-refractivity contribution < 1.29 is 37.8 Å². The fourth-order valence-corrected chi connectivity index (χ4v) is 0. The van der Waals surface area contributed by atoms with E-state index in [0.717, 1.165) is 0 Å². The van der Waals surface area contributed by atoms with Crippen molar-refractivity contribution in [3.8, 4) is 0 Å². The monoisotopic (exact) mass is 348 g/mol. The summed E-state index contributed by atoms with van der Waals surface area (Å²) in [4.78, 5) is 0. The molecule has 4 N–H and O–H groups in total. The zero-order valence-corrected chi connectivity index (χ0v) is 17.5. The summed E-state index contributed by atoms with van der Waals surface area (Å²) in [5, 5.41) is 34.1. The van der Waals surface area contributed by atoms with E-state index < -0.39 is 22.4 Å². The van der Waals surface area contributed by atoms with Gasteiger partial charge in [0.05, 0.1) is 22.4 Å². The topological polar surface area (TPSA) is 80.9 Å². The standard InChI is InChI=1S/4C4H10O.Cr/c4*1-4(2,3)5;/h4*5H,1-3H3;/q;;;;+2. The summed E-state index contributed by atoms with van der Waals surface area (Å²) in [5.41, 5.74) is -2.00. The van der Waals surface area contributed by atoms with Gasteiger partial charge in [-0.1, -0.05) is 0 Å². The molecule has 0 aromatic heterocycles. The molecule has 0 saturated carbocycles. The van der Waals surface area contributed by atoms with Gasteiger partial charge in [-0.25, -0.2) is 0 Å². The Kier molecular flexibility index (Phi) is 20.3. The van der Waals surface area contributed by atoms with E-state index in [4.69, 9.17) is 20.4 Å². The fraction of sp³-hybridized carbons (Fsp3) is 1.00. The van der Waals surface area contributed by atoms with E-state index in [-0.39, 0.29) is 17.4 Å². The van der Waals surface area contributed by atoms with Crippen LogP contribution in [-0.2, 0) is 17.4 Å². The largest absolute Gasteiger partial charge is 2.00 e. The predicted octanol–water partition coefficient (Wildman–Crippen LogP) is 3.11. The van der Waals surface area contributed by atoms with E-state index in [1.807, 2.05) is 0 Å². The van der Waals surface area contributed by atoms with Gasteiger partial charge < -0.3 is 20.4 Å². The maximum atomic E-state index is 8.52. The maximum absolute atomic E-state index is 8.52. The zero-order chi connectivity index (χ0) is 18.0. The average molecular weight is 348 g/mol. The first kappa shape index (κ1) is 33.1. The van der Waals surface area contributed by atoms with Crippen LogP contribution in [0.5, 0.6) is 0 Å². The van der Waals surface area contributed by atoms with Crippen LogP contribution in [0, 0.1) is 0 Å². The van der Waals surface area contributed by atoms with Crippen molar-refractivity contribution in [1.82, 2.24) is 0 Å². The third-order valence-corrected chi connectivity index (χ3v) is 0. The maximum Gasteiger partial charge on any atom is 2.00 e. The SMILES string of the molecule is CC(C)(C)O.CC(C)(C)O.CC(C)(C)O.CC(C)(C)O.[Cr+2]. The molecular formula is C16H40CrO4+2. The number of rotatable bonds is 0. The molecule has 5 heteroatoms. The van der Waals surface area contributed by atoms with Gasteiger partial charge in [-0.2, -0.15) is 0 Å². The Morgan fingerprint density at radius 2 is 0.333 bits per heavy atom. The molecule has 0 aliphatic carbocycles. The molecule has 0 bridgehead atoms. The Bertz CT molecular complexity index is 130. The minimum atomic E-state index is -0.500. The molecule has 0 amide bonds. The van der Waals surface area contributed by atoms with Gasteiger partial charge in [0.2, 0.25) is 0 Å². The van der Waals surface area contributed by atoms with Gasteiger partial charge >= 0.3 is 17.4 Å². The molecule has 0 atom stereocenters. The van der Waals surface area contributed by atoms with Crippen LogP contribution in [0.1, 0.15) is 83.1 Å². The molecule has 0 heterocycles. The van der Waals surface area contributed by atoms with Crippen LogP contribution in [0.4, 0.5) is 0 Å². The summed E-state index contributed by atoms with van der Waals surface area (Å²) < 4.78 is 0. The van der Waals surface area contributed by atoms with E-state index in [1.54, 1.807) is 83.1 Å². The van der Waals surface area contributed by atoms with Crippen LogP contribution in [0.3, 0.4) is 0 Å². The van der Waals surface area contributed by atoms with Crippen molar-refractivity contribution in [3.05, 3.63) is 0 Å². The van der Waals surface area contributed by atoms with Gasteiger partial charge in [-0.3, -0.25) is 0 Å². The van der Waals surface area contributed by atoms with E-state index in [0.29, 0.717) is 0 Å². The molecule has 0 aromatic carbocycles. The zero-order valence-electron chi connectivity index (χ0n) is 16.2. The fourth-order valence-electron chi connectivity index (χ4n) is 0. The number of hydrogen-bond acceptors (Lipinski definition) is 4. The molecule has 21 heavy (non-hydrogen) atoms. The van der Waals surface area contributed by atoms with Crippen LogP contribution in [0.25, 0.3) is 0 Å². The Hall–Kier alpha value is 0.372. The molecule has 0 rings (SSSR count). The molecule has 0 spiro atoms. The Morgan fingerprint density at radius 1 is 0.333 bits per heavy atom. The van der Waals surface area contributed by atoms with Crippen molar-refractivity contribution in [2.75, 3.05) is 0 Å². The summed E-state index contributed by atoms with van der Waals surface area (Å²) in [6.45, 7) is 20.9. The van der Waals surface area contributed by atoms with Crippen LogP contribution in [0.15, 0.2) is 0 Å². The molecule has 0 unspecified atom stereocenters. The van der Waals surface area contributed by atoms with E-state index in [9.17, 15) is 0 Å².